The smallest absolute Gasteiger partial charge is 0.323 e. The van der Waals surface area contributed by atoms with Crippen molar-refractivity contribution in [1.82, 2.24) is 4.31 Å². The highest BCUT2D eigenvalue weighted by Gasteiger charge is 2.40. The van der Waals surface area contributed by atoms with Crippen LogP contribution in [0.25, 0.3) is 0 Å². The Kier molecular flexibility index (Phi) is 3.86. The van der Waals surface area contributed by atoms with Crippen LogP contribution in [0, 0.1) is 6.92 Å². The van der Waals surface area contributed by atoms with E-state index in [2.05, 4.69) is 0 Å². The molecule has 110 valence electrons. The molecule has 1 aromatic carbocycles. The van der Waals surface area contributed by atoms with Crippen molar-refractivity contribution in [1.29, 1.82) is 0 Å². The number of hydrogen-bond donors (Lipinski definition) is 2. The van der Waals surface area contributed by atoms with E-state index >= 15 is 0 Å². The second kappa shape index (κ2) is 5.16. The normalized spacial score (nSPS) is 19.7. The van der Waals surface area contributed by atoms with Crippen LogP contribution in [0.3, 0.4) is 0 Å². The first-order valence-corrected chi connectivity index (χ1v) is 7.79. The van der Waals surface area contributed by atoms with Crippen LogP contribution >= 0.6 is 0 Å². The largest absolute Gasteiger partial charge is 0.480 e. The maximum Gasteiger partial charge on any atom is 0.323 e. The zero-order valence-corrected chi connectivity index (χ0v) is 12.1. The molecule has 7 heteroatoms. The molecule has 3 N–H and O–H groups in total. The molecule has 0 radical (unpaired) electrons. The van der Waals surface area contributed by atoms with Crippen molar-refractivity contribution in [2.75, 3.05) is 13.1 Å². The Morgan fingerprint density at radius 2 is 1.75 bits per heavy atom. The van der Waals surface area contributed by atoms with Crippen LogP contribution < -0.4 is 5.73 Å². The summed E-state index contributed by atoms with van der Waals surface area (Å²) in [7, 11) is -3.57. The zero-order chi connectivity index (χ0) is 15.0. The van der Waals surface area contributed by atoms with Crippen LogP contribution in [0.15, 0.2) is 29.2 Å². The molecule has 0 unspecified atom stereocenters. The van der Waals surface area contributed by atoms with Crippen LogP contribution in [0.5, 0.6) is 0 Å². The summed E-state index contributed by atoms with van der Waals surface area (Å²) in [5.74, 6) is -1.08. The van der Waals surface area contributed by atoms with Gasteiger partial charge in [-0.3, -0.25) is 4.79 Å². The first kappa shape index (κ1) is 15.0. The van der Waals surface area contributed by atoms with E-state index in [0.29, 0.717) is 0 Å². The average molecular weight is 298 g/mol. The number of aryl methyl sites for hydroxylation is 1. The molecule has 0 atom stereocenters. The second-order valence-corrected chi connectivity index (χ2v) is 7.12. The maximum absolute atomic E-state index is 12.4. The van der Waals surface area contributed by atoms with Crippen molar-refractivity contribution in [3.63, 3.8) is 0 Å². The Balaban J connectivity index is 2.17. The molecule has 0 spiro atoms. The fourth-order valence-corrected chi connectivity index (χ4v) is 3.64. The van der Waals surface area contributed by atoms with Crippen molar-refractivity contribution < 1.29 is 18.3 Å². The van der Waals surface area contributed by atoms with Gasteiger partial charge in [0.25, 0.3) is 0 Å². The minimum Gasteiger partial charge on any atom is -0.480 e. The molecule has 1 saturated heterocycles. The van der Waals surface area contributed by atoms with E-state index in [-0.39, 0.29) is 30.8 Å². The Morgan fingerprint density at radius 3 is 2.20 bits per heavy atom. The van der Waals surface area contributed by atoms with E-state index in [0.717, 1.165) is 5.56 Å². The van der Waals surface area contributed by atoms with Crippen LogP contribution in [-0.4, -0.2) is 42.4 Å². The van der Waals surface area contributed by atoms with Crippen molar-refractivity contribution in [3.05, 3.63) is 29.8 Å². The summed E-state index contributed by atoms with van der Waals surface area (Å²) in [6.07, 6.45) is 0.237. The highest BCUT2D eigenvalue weighted by molar-refractivity contribution is 7.89. The summed E-state index contributed by atoms with van der Waals surface area (Å²) < 4.78 is 26.1. The molecule has 2 rings (SSSR count). The summed E-state index contributed by atoms with van der Waals surface area (Å²) in [6.45, 7) is 2.13. The lowest BCUT2D eigenvalue weighted by molar-refractivity contribution is -0.144. The molecule has 0 aliphatic carbocycles. The predicted octanol–water partition coefficient (Wildman–Crippen LogP) is 0.562. The van der Waals surface area contributed by atoms with Crippen LogP contribution in [0.1, 0.15) is 18.4 Å². The molecule has 0 bridgehead atoms. The Labute approximate surface area is 118 Å². The zero-order valence-electron chi connectivity index (χ0n) is 11.2. The van der Waals surface area contributed by atoms with Crippen molar-refractivity contribution >= 4 is 16.0 Å². The molecular weight excluding hydrogens is 280 g/mol. The number of carboxylic acids is 1. The summed E-state index contributed by atoms with van der Waals surface area (Å²) in [5, 5.41) is 9.04. The third-order valence-corrected chi connectivity index (χ3v) is 5.61. The number of carboxylic acid groups (broad SMARTS) is 1. The Morgan fingerprint density at radius 1 is 1.25 bits per heavy atom. The molecule has 0 aromatic heterocycles. The number of benzene rings is 1. The summed E-state index contributed by atoms with van der Waals surface area (Å²) in [5.41, 5.74) is 5.41. The number of sulfonamides is 1. The molecule has 6 nitrogen and oxygen atoms in total. The third kappa shape index (κ3) is 2.70. The molecule has 1 aromatic rings. The van der Waals surface area contributed by atoms with Crippen LogP contribution in [-0.2, 0) is 14.8 Å². The van der Waals surface area contributed by atoms with E-state index in [1.807, 2.05) is 6.92 Å². The molecular formula is C13H18N2O4S. The molecule has 0 amide bonds. The van der Waals surface area contributed by atoms with E-state index in [1.54, 1.807) is 24.3 Å². The van der Waals surface area contributed by atoms with Crippen LogP contribution in [0.2, 0.25) is 0 Å². The van der Waals surface area contributed by atoms with Crippen molar-refractivity contribution in [3.8, 4) is 0 Å². The fraction of sp³-hybridized carbons (Fsp3) is 0.462. The number of nitrogens with two attached hydrogens (primary N) is 1. The number of piperidine rings is 1. The Bertz CT molecular complexity index is 602. The molecule has 1 heterocycles. The van der Waals surface area contributed by atoms with Gasteiger partial charge in [0.05, 0.1) is 4.90 Å². The molecule has 1 aliphatic heterocycles. The Hall–Kier alpha value is -1.44. The summed E-state index contributed by atoms with van der Waals surface area (Å²) in [4.78, 5) is 11.3. The molecule has 0 saturated carbocycles. The van der Waals surface area contributed by atoms with Gasteiger partial charge in [-0.25, -0.2) is 8.42 Å². The molecule has 1 aliphatic rings. The van der Waals surface area contributed by atoms with Crippen molar-refractivity contribution in [2.45, 2.75) is 30.2 Å². The van der Waals surface area contributed by atoms with E-state index < -0.39 is 21.5 Å². The standard InChI is InChI=1S/C13H18N2O4S/c1-10-2-4-11(5-3-10)20(18,19)15-8-6-13(14,7-9-15)12(16)17/h2-5H,6-9,14H2,1H3,(H,16,17). The summed E-state index contributed by atoms with van der Waals surface area (Å²) >= 11 is 0. The number of carbonyl (C=O) groups is 1. The molecule has 20 heavy (non-hydrogen) atoms. The van der Waals surface area contributed by atoms with E-state index in [9.17, 15) is 13.2 Å². The van der Waals surface area contributed by atoms with E-state index in [4.69, 9.17) is 10.8 Å². The highest BCUT2D eigenvalue weighted by atomic mass is 32.2. The van der Waals surface area contributed by atoms with Gasteiger partial charge in [-0.15, -0.1) is 0 Å². The molecule has 1 fully saturated rings. The number of aliphatic carboxylic acids is 1. The van der Waals surface area contributed by atoms with Gasteiger partial charge in [-0.05, 0) is 31.9 Å². The van der Waals surface area contributed by atoms with E-state index in [1.165, 1.54) is 4.31 Å². The van der Waals surface area contributed by atoms with Gasteiger partial charge in [0.1, 0.15) is 5.54 Å². The maximum atomic E-state index is 12.4. The fourth-order valence-electron chi connectivity index (χ4n) is 2.20. The van der Waals surface area contributed by atoms with Gasteiger partial charge in [-0.1, -0.05) is 17.7 Å². The van der Waals surface area contributed by atoms with Crippen LogP contribution in [0.4, 0.5) is 0 Å². The van der Waals surface area contributed by atoms with Gasteiger partial charge >= 0.3 is 5.97 Å². The monoisotopic (exact) mass is 298 g/mol. The summed E-state index contributed by atoms with van der Waals surface area (Å²) in [6, 6.07) is 6.60. The average Bonchev–Trinajstić information content (AvgIpc) is 2.39. The van der Waals surface area contributed by atoms with Gasteiger partial charge < -0.3 is 10.8 Å². The van der Waals surface area contributed by atoms with Gasteiger partial charge in [0, 0.05) is 13.1 Å². The first-order valence-electron chi connectivity index (χ1n) is 6.35. The predicted molar refractivity (Wildman–Crippen MR) is 73.7 cm³/mol. The lowest BCUT2D eigenvalue weighted by Crippen LogP contribution is -2.56. The van der Waals surface area contributed by atoms with Gasteiger partial charge in [-0.2, -0.15) is 4.31 Å². The topological polar surface area (TPSA) is 101 Å². The lowest BCUT2D eigenvalue weighted by Gasteiger charge is -2.35. The quantitative estimate of drug-likeness (QED) is 0.849. The SMILES string of the molecule is Cc1ccc(S(=O)(=O)N2CCC(N)(C(=O)O)CC2)cc1. The van der Waals surface area contributed by atoms with Gasteiger partial charge in [0.2, 0.25) is 10.0 Å². The number of hydrogen-bond acceptors (Lipinski definition) is 4. The lowest BCUT2D eigenvalue weighted by atomic mass is 9.90. The number of rotatable bonds is 3. The highest BCUT2D eigenvalue weighted by Crippen LogP contribution is 2.25. The minimum atomic E-state index is -3.57. The van der Waals surface area contributed by atoms with Crippen molar-refractivity contribution in [2.24, 2.45) is 5.73 Å². The number of nitrogens with zero attached hydrogens (tertiary/aromatic N) is 1. The first-order chi connectivity index (χ1) is 9.25. The second-order valence-electron chi connectivity index (χ2n) is 5.18. The van der Waals surface area contributed by atoms with Gasteiger partial charge in [0.15, 0.2) is 0 Å². The minimum absolute atomic E-state index is 0.118. The third-order valence-electron chi connectivity index (χ3n) is 3.70.